The van der Waals surface area contributed by atoms with Crippen LogP contribution in [0.15, 0.2) is 42.5 Å². The van der Waals surface area contributed by atoms with Gasteiger partial charge in [0.25, 0.3) is 0 Å². The second-order valence-corrected chi connectivity index (χ2v) is 5.92. The van der Waals surface area contributed by atoms with E-state index in [-0.39, 0.29) is 5.78 Å². The molecular weight excluding hydrogens is 295 g/mol. The molecule has 114 valence electrons. The molecule has 0 saturated heterocycles. The molecule has 2 unspecified atom stereocenters. The van der Waals surface area contributed by atoms with E-state index in [4.69, 9.17) is 4.52 Å². The van der Waals surface area contributed by atoms with Gasteiger partial charge in [-0.05, 0) is 42.0 Å². The molecule has 0 aliphatic rings. The summed E-state index contributed by atoms with van der Waals surface area (Å²) in [6.07, 6.45) is -0.305. The predicted molar refractivity (Wildman–Crippen MR) is 89.0 cm³/mol. The monoisotopic (exact) mass is 315 g/mol. The van der Waals surface area contributed by atoms with Crippen molar-refractivity contribution in [1.82, 2.24) is 0 Å². The van der Waals surface area contributed by atoms with Crippen molar-refractivity contribution in [1.29, 1.82) is 0 Å². The summed E-state index contributed by atoms with van der Waals surface area (Å²) in [7, 11) is -0.952. The molecule has 0 saturated carbocycles. The van der Waals surface area contributed by atoms with E-state index in [9.17, 15) is 9.36 Å². The zero-order valence-electron chi connectivity index (χ0n) is 13.1. The average molecular weight is 315 g/mol. The topological polar surface area (TPSA) is 43.4 Å². The van der Waals surface area contributed by atoms with Gasteiger partial charge in [-0.3, -0.25) is 4.79 Å². The van der Waals surface area contributed by atoms with Gasteiger partial charge in [-0.15, -0.1) is 4.52 Å². The Balaban J connectivity index is 2.32. The number of benzene rings is 2. The van der Waals surface area contributed by atoms with Gasteiger partial charge in [-0.25, -0.2) is 0 Å². The highest BCUT2D eigenvalue weighted by Crippen LogP contribution is 2.22. The Kier molecular flexibility index (Phi) is 5.59. The number of aryl methyl sites for hydroxylation is 3. The van der Waals surface area contributed by atoms with Crippen LogP contribution in [0.2, 0.25) is 0 Å². The van der Waals surface area contributed by atoms with Crippen LogP contribution in [0.25, 0.3) is 0 Å². The minimum atomic E-state index is -0.952. The molecule has 0 aromatic heterocycles. The molecule has 3 nitrogen and oxygen atoms in total. The lowest BCUT2D eigenvalue weighted by molar-refractivity contribution is 0.0811. The minimum Gasteiger partial charge on any atom is -0.291 e. The molecule has 2 rings (SSSR count). The lowest BCUT2D eigenvalue weighted by atomic mass is 9.92. The van der Waals surface area contributed by atoms with Gasteiger partial charge in [0.15, 0.2) is 11.9 Å². The molecule has 2 aromatic rings. The van der Waals surface area contributed by atoms with Gasteiger partial charge >= 0.3 is 8.69 Å². The first-order valence-corrected chi connectivity index (χ1v) is 8.03. The van der Waals surface area contributed by atoms with Crippen molar-refractivity contribution in [2.24, 2.45) is 0 Å². The first-order chi connectivity index (χ1) is 10.5. The molecule has 22 heavy (non-hydrogen) atoms. The van der Waals surface area contributed by atoms with Crippen LogP contribution in [-0.2, 0) is 15.5 Å². The van der Waals surface area contributed by atoms with E-state index in [0.29, 0.717) is 12.0 Å². The Morgan fingerprint density at radius 3 is 2.23 bits per heavy atom. The Hall–Kier alpha value is -1.83. The molecule has 0 heterocycles. The van der Waals surface area contributed by atoms with Crippen LogP contribution in [-0.4, -0.2) is 11.9 Å². The van der Waals surface area contributed by atoms with Gasteiger partial charge in [0, 0.05) is 12.0 Å². The zero-order chi connectivity index (χ0) is 16.1. The normalized spacial score (nSPS) is 12.3. The molecule has 0 aliphatic heterocycles. The highest BCUT2D eigenvalue weighted by Gasteiger charge is 2.27. The van der Waals surface area contributed by atoms with E-state index in [2.05, 4.69) is 0 Å². The number of rotatable bonds is 6. The molecule has 2 aromatic carbocycles. The fraction of sp³-hybridized carbons (Fsp3) is 0.278. The van der Waals surface area contributed by atoms with Crippen molar-refractivity contribution < 1.29 is 13.9 Å². The van der Waals surface area contributed by atoms with Crippen molar-refractivity contribution in [2.75, 3.05) is 0 Å². The molecule has 0 spiro atoms. The van der Waals surface area contributed by atoms with E-state index in [0.717, 1.165) is 22.3 Å². The fourth-order valence-electron chi connectivity index (χ4n) is 2.80. The maximum Gasteiger partial charge on any atom is 0.494 e. The summed E-state index contributed by atoms with van der Waals surface area (Å²) < 4.78 is 16.2. The summed E-state index contributed by atoms with van der Waals surface area (Å²) in [5.41, 5.74) is 4.64. The Morgan fingerprint density at radius 1 is 1.09 bits per heavy atom. The van der Waals surface area contributed by atoms with Crippen molar-refractivity contribution in [3.63, 3.8) is 0 Å². The zero-order valence-corrected chi connectivity index (χ0v) is 14.1. The Labute approximate surface area is 132 Å². The third-order valence-electron chi connectivity index (χ3n) is 3.67. The number of Topliss-reactive ketones (excluding diaryl/α,β-unsaturated/α-hetero) is 1. The first kappa shape index (κ1) is 16.5. The lowest BCUT2D eigenvalue weighted by Gasteiger charge is -2.14. The van der Waals surface area contributed by atoms with Gasteiger partial charge in [0.2, 0.25) is 0 Å². The molecule has 0 bridgehead atoms. The highest BCUT2D eigenvalue weighted by atomic mass is 31.1. The largest absolute Gasteiger partial charge is 0.494 e. The molecule has 0 N–H and O–H groups in total. The Bertz CT molecular complexity index is 657. The van der Waals surface area contributed by atoms with Crippen LogP contribution < -0.4 is 0 Å². The second kappa shape index (κ2) is 7.44. The van der Waals surface area contributed by atoms with Gasteiger partial charge in [-0.1, -0.05) is 48.0 Å². The second-order valence-electron chi connectivity index (χ2n) is 5.52. The number of hydrogen-bond acceptors (Lipinski definition) is 3. The molecular formula is C18H20O3P+. The number of carbonyl (C=O) groups excluding carboxylic acids is 1. The van der Waals surface area contributed by atoms with E-state index in [1.165, 1.54) is 0 Å². The summed E-state index contributed by atoms with van der Waals surface area (Å²) in [5.74, 6) is -0.109. The third-order valence-corrected chi connectivity index (χ3v) is 4.05. The average Bonchev–Trinajstić information content (AvgIpc) is 2.46. The maximum absolute atomic E-state index is 12.8. The van der Waals surface area contributed by atoms with E-state index >= 15 is 0 Å². The molecule has 0 fully saturated rings. The van der Waals surface area contributed by atoms with E-state index < -0.39 is 14.8 Å². The molecule has 0 aliphatic carbocycles. The number of carbonyl (C=O) groups is 1. The highest BCUT2D eigenvalue weighted by molar-refractivity contribution is 7.17. The van der Waals surface area contributed by atoms with Crippen LogP contribution in [0, 0.1) is 20.8 Å². The van der Waals surface area contributed by atoms with Crippen molar-refractivity contribution in [2.45, 2.75) is 33.3 Å². The van der Waals surface area contributed by atoms with Crippen LogP contribution in [0.3, 0.4) is 0 Å². The molecule has 2 atom stereocenters. The number of hydrogen-bond donors (Lipinski definition) is 0. The lowest BCUT2D eigenvalue weighted by Crippen LogP contribution is -2.25. The van der Waals surface area contributed by atoms with Crippen molar-refractivity contribution >= 4 is 14.5 Å². The Morgan fingerprint density at radius 2 is 1.68 bits per heavy atom. The molecule has 0 radical (unpaired) electrons. The number of ketones is 1. The molecule has 4 heteroatoms. The van der Waals surface area contributed by atoms with Gasteiger partial charge in [0.1, 0.15) is 0 Å². The quantitative estimate of drug-likeness (QED) is 0.587. The van der Waals surface area contributed by atoms with Crippen LogP contribution in [0.1, 0.15) is 32.6 Å². The summed E-state index contributed by atoms with van der Waals surface area (Å²) in [6, 6.07) is 13.6. The van der Waals surface area contributed by atoms with Gasteiger partial charge in [0.05, 0.1) is 0 Å². The third kappa shape index (κ3) is 3.88. The summed E-state index contributed by atoms with van der Waals surface area (Å²) in [6.45, 7) is 5.85. The van der Waals surface area contributed by atoms with Crippen LogP contribution >= 0.6 is 8.69 Å². The molecule has 0 amide bonds. The van der Waals surface area contributed by atoms with Gasteiger partial charge in [-0.2, -0.15) is 0 Å². The van der Waals surface area contributed by atoms with Gasteiger partial charge < -0.3 is 0 Å². The van der Waals surface area contributed by atoms with E-state index in [1.54, 1.807) is 0 Å². The first-order valence-electron chi connectivity index (χ1n) is 7.21. The SMILES string of the molecule is Cc1cc(C)c(C(=O)C(Cc2ccccc2)O[PH+]=O)c(C)c1. The maximum atomic E-state index is 12.8. The fourth-order valence-corrected chi connectivity index (χ4v) is 3.11. The van der Waals surface area contributed by atoms with Crippen LogP contribution in [0.4, 0.5) is 0 Å². The summed E-state index contributed by atoms with van der Waals surface area (Å²) in [4.78, 5) is 12.8. The summed E-state index contributed by atoms with van der Waals surface area (Å²) in [5, 5.41) is 0. The summed E-state index contributed by atoms with van der Waals surface area (Å²) >= 11 is 0. The minimum absolute atomic E-state index is 0.109. The predicted octanol–water partition coefficient (Wildman–Crippen LogP) is 4.36. The van der Waals surface area contributed by atoms with Crippen molar-refractivity contribution in [3.05, 3.63) is 70.3 Å². The standard InChI is InChI=1S/C18H20O3P/c1-12-9-13(2)17(14(3)10-12)18(19)16(21-22-20)11-15-7-5-4-6-8-15/h4-10,16,22H,11H2,1-3H3/q+1. The van der Waals surface area contributed by atoms with Crippen molar-refractivity contribution in [3.8, 4) is 0 Å². The van der Waals surface area contributed by atoms with Crippen LogP contribution in [0.5, 0.6) is 0 Å². The smallest absolute Gasteiger partial charge is 0.291 e. The van der Waals surface area contributed by atoms with E-state index in [1.807, 2.05) is 63.2 Å².